The molecule has 2 atom stereocenters. The number of benzene rings is 2. The van der Waals surface area contributed by atoms with Crippen LogP contribution in [0.15, 0.2) is 36.4 Å². The van der Waals surface area contributed by atoms with Crippen molar-refractivity contribution in [2.75, 3.05) is 58.8 Å². The van der Waals surface area contributed by atoms with Crippen molar-refractivity contribution in [2.24, 2.45) is 5.92 Å². The molecule has 0 spiro atoms. The molecule has 52 heavy (non-hydrogen) atoms. The van der Waals surface area contributed by atoms with E-state index in [1.54, 1.807) is 4.90 Å². The SMILES string of the molecule is COC(=O)N1CCC(N2CCc3ccccc3NC2=O)CC1.COC(=O)[C@H]1CCCCN1C1CCN(C(=O)[C@H](C)Cc2cc(C)c(O)c(C)c2)CC1. The van der Waals surface area contributed by atoms with Gasteiger partial charge >= 0.3 is 18.1 Å². The Bertz CT molecular complexity index is 1540. The molecule has 12 heteroatoms. The van der Waals surface area contributed by atoms with Crippen LogP contribution in [-0.4, -0.2) is 120 Å². The lowest BCUT2D eigenvalue weighted by Crippen LogP contribution is -2.54. The van der Waals surface area contributed by atoms with Crippen LogP contribution in [0.1, 0.15) is 74.1 Å². The predicted octanol–water partition coefficient (Wildman–Crippen LogP) is 5.51. The highest BCUT2D eigenvalue weighted by Crippen LogP contribution is 2.29. The lowest BCUT2D eigenvalue weighted by atomic mass is 9.93. The Morgan fingerprint density at radius 2 is 1.48 bits per heavy atom. The van der Waals surface area contributed by atoms with E-state index in [4.69, 9.17) is 9.47 Å². The van der Waals surface area contributed by atoms with Gasteiger partial charge in [-0.2, -0.15) is 0 Å². The second kappa shape index (κ2) is 17.9. The van der Waals surface area contributed by atoms with Crippen molar-refractivity contribution >= 4 is 29.7 Å². The van der Waals surface area contributed by atoms with E-state index in [1.807, 2.05) is 60.9 Å². The fourth-order valence-electron chi connectivity index (χ4n) is 8.34. The Morgan fingerprint density at radius 1 is 0.846 bits per heavy atom. The Morgan fingerprint density at radius 3 is 2.13 bits per heavy atom. The van der Waals surface area contributed by atoms with Crippen LogP contribution in [0.3, 0.4) is 0 Å². The number of carbonyl (C=O) groups excluding carboxylic acids is 4. The highest BCUT2D eigenvalue weighted by atomic mass is 16.5. The fourth-order valence-corrected chi connectivity index (χ4v) is 8.34. The van der Waals surface area contributed by atoms with Crippen LogP contribution < -0.4 is 5.32 Å². The van der Waals surface area contributed by atoms with Gasteiger partial charge in [0.25, 0.3) is 0 Å². The van der Waals surface area contributed by atoms with Gasteiger partial charge in [-0.25, -0.2) is 9.59 Å². The molecule has 4 heterocycles. The van der Waals surface area contributed by atoms with Gasteiger partial charge in [-0.1, -0.05) is 43.7 Å². The number of ether oxygens (including phenoxy) is 2. The van der Waals surface area contributed by atoms with E-state index in [2.05, 4.69) is 16.3 Å². The van der Waals surface area contributed by atoms with E-state index < -0.39 is 0 Å². The van der Waals surface area contributed by atoms with E-state index >= 15 is 0 Å². The number of phenols is 1. The van der Waals surface area contributed by atoms with Crippen LogP contribution in [0.4, 0.5) is 15.3 Å². The number of phenolic OH excluding ortho intramolecular Hbond substituents is 1. The van der Waals surface area contributed by atoms with Gasteiger partial charge < -0.3 is 34.6 Å². The van der Waals surface area contributed by atoms with Gasteiger partial charge in [0.05, 0.1) is 14.2 Å². The number of methoxy groups -OCH3 is 2. The number of carbonyl (C=O) groups is 4. The average molecular weight is 720 g/mol. The van der Waals surface area contributed by atoms with Gasteiger partial charge in [0, 0.05) is 56.4 Å². The second-order valence-corrected chi connectivity index (χ2v) is 14.7. The third-order valence-corrected chi connectivity index (χ3v) is 11.3. The molecule has 0 saturated carbocycles. The molecule has 12 nitrogen and oxygen atoms in total. The van der Waals surface area contributed by atoms with Crippen LogP contribution >= 0.6 is 0 Å². The first kappa shape index (κ1) is 38.9. The Kier molecular flexibility index (Phi) is 13.4. The number of amides is 4. The molecule has 2 N–H and O–H groups in total. The molecule has 6 rings (SSSR count). The number of likely N-dealkylation sites (tertiary alicyclic amines) is 3. The summed E-state index contributed by atoms with van der Waals surface area (Å²) in [4.78, 5) is 57.1. The molecule has 4 aliphatic heterocycles. The molecule has 0 bridgehead atoms. The van der Waals surface area contributed by atoms with Crippen molar-refractivity contribution in [1.82, 2.24) is 19.6 Å². The number of nitrogens with one attached hydrogen (secondary N) is 1. The molecular weight excluding hydrogens is 662 g/mol. The molecule has 3 saturated heterocycles. The Balaban J connectivity index is 0.000000210. The number of hydrogen-bond acceptors (Lipinski definition) is 8. The first-order valence-electron chi connectivity index (χ1n) is 18.9. The molecule has 0 aliphatic carbocycles. The van der Waals surface area contributed by atoms with Crippen molar-refractivity contribution in [3.63, 3.8) is 0 Å². The number of urea groups is 1. The van der Waals surface area contributed by atoms with Gasteiger partial charge in [0.1, 0.15) is 11.8 Å². The first-order chi connectivity index (χ1) is 25.0. The number of nitrogens with zero attached hydrogens (tertiary/aromatic N) is 4. The van der Waals surface area contributed by atoms with Crippen molar-refractivity contribution in [1.29, 1.82) is 0 Å². The minimum atomic E-state index is -0.286. The summed E-state index contributed by atoms with van der Waals surface area (Å²) in [6, 6.07) is 12.2. The number of rotatable bonds is 6. The van der Waals surface area contributed by atoms with E-state index in [1.165, 1.54) is 19.8 Å². The maximum absolute atomic E-state index is 13.0. The van der Waals surface area contributed by atoms with Crippen molar-refractivity contribution in [3.8, 4) is 5.75 Å². The predicted molar refractivity (Wildman–Crippen MR) is 199 cm³/mol. The maximum atomic E-state index is 13.0. The molecule has 2 aromatic rings. The maximum Gasteiger partial charge on any atom is 0.409 e. The lowest BCUT2D eigenvalue weighted by Gasteiger charge is -2.43. The number of piperidine rings is 3. The van der Waals surface area contributed by atoms with Crippen LogP contribution in [0.2, 0.25) is 0 Å². The first-order valence-corrected chi connectivity index (χ1v) is 18.9. The van der Waals surface area contributed by atoms with E-state index in [0.29, 0.717) is 37.8 Å². The lowest BCUT2D eigenvalue weighted by molar-refractivity contribution is -0.151. The Hall–Kier alpha value is -4.32. The number of esters is 1. The summed E-state index contributed by atoms with van der Waals surface area (Å²) in [6.07, 6.45) is 7.70. The zero-order valence-electron chi connectivity index (χ0n) is 31.6. The number of hydrogen-bond donors (Lipinski definition) is 2. The van der Waals surface area contributed by atoms with Gasteiger partial charge in [-0.3, -0.25) is 14.5 Å². The number of fused-ring (bicyclic) bond motifs is 1. The largest absolute Gasteiger partial charge is 0.507 e. The van der Waals surface area contributed by atoms with Crippen molar-refractivity contribution in [2.45, 2.75) is 96.7 Å². The molecule has 4 amide bonds. The average Bonchev–Trinajstić information content (AvgIpc) is 3.34. The minimum Gasteiger partial charge on any atom is -0.507 e. The highest BCUT2D eigenvalue weighted by Gasteiger charge is 2.37. The second-order valence-electron chi connectivity index (χ2n) is 14.7. The van der Waals surface area contributed by atoms with Crippen LogP contribution in [-0.2, 0) is 31.9 Å². The zero-order valence-corrected chi connectivity index (χ0v) is 31.6. The molecular formula is C40H57N5O7. The minimum absolute atomic E-state index is 0.0403. The summed E-state index contributed by atoms with van der Waals surface area (Å²) in [6.45, 7) is 10.2. The van der Waals surface area contributed by atoms with Gasteiger partial charge in [-0.15, -0.1) is 0 Å². The summed E-state index contributed by atoms with van der Waals surface area (Å²) < 4.78 is 9.77. The zero-order chi connectivity index (χ0) is 37.4. The molecule has 3 fully saturated rings. The Labute approximate surface area is 308 Å². The standard InChI is InChI=1S/C24H36N2O4.C16H21N3O3/c1-16-13-19(14-17(2)22(16)27)15-18(3)23(28)25-11-8-20(9-12-25)26-10-6-5-7-21(26)24(29)30-4;1-22-16(21)18-9-7-13(8-10-18)19-11-6-12-4-2-3-5-14(12)17-15(19)20/h13-14,18,20-21,27H,5-12,15H2,1-4H3;2-5,13H,6-11H2,1H3,(H,17,20)/t18-,21-;/m1./s1. The summed E-state index contributed by atoms with van der Waals surface area (Å²) in [7, 11) is 2.86. The normalized spacial score (nSPS) is 20.8. The number of aryl methyl sites for hydroxylation is 2. The van der Waals surface area contributed by atoms with Crippen LogP contribution in [0, 0.1) is 19.8 Å². The summed E-state index contributed by atoms with van der Waals surface area (Å²) in [5.41, 5.74) is 4.87. The molecule has 4 aliphatic rings. The monoisotopic (exact) mass is 719 g/mol. The van der Waals surface area contributed by atoms with Gasteiger partial charge in [0.2, 0.25) is 5.91 Å². The highest BCUT2D eigenvalue weighted by molar-refractivity contribution is 5.91. The topological polar surface area (TPSA) is 132 Å². The fraction of sp³-hybridized carbons (Fsp3) is 0.600. The summed E-state index contributed by atoms with van der Waals surface area (Å²) in [5, 5.41) is 13.0. The smallest absolute Gasteiger partial charge is 0.409 e. The van der Waals surface area contributed by atoms with E-state index in [0.717, 1.165) is 93.4 Å². The quantitative estimate of drug-likeness (QED) is 0.374. The number of aromatic hydroxyl groups is 1. The summed E-state index contributed by atoms with van der Waals surface area (Å²) in [5.74, 6) is 0.312. The van der Waals surface area contributed by atoms with Gasteiger partial charge in [0.15, 0.2) is 0 Å². The third kappa shape index (κ3) is 9.36. The van der Waals surface area contributed by atoms with Crippen molar-refractivity contribution < 1.29 is 33.8 Å². The molecule has 2 aromatic carbocycles. The van der Waals surface area contributed by atoms with E-state index in [9.17, 15) is 24.3 Å². The van der Waals surface area contributed by atoms with Crippen molar-refractivity contribution in [3.05, 3.63) is 58.7 Å². The molecule has 0 unspecified atom stereocenters. The molecule has 284 valence electrons. The number of anilines is 1. The third-order valence-electron chi connectivity index (χ3n) is 11.3. The number of para-hydroxylation sites is 1. The van der Waals surface area contributed by atoms with Crippen LogP contribution in [0.5, 0.6) is 5.75 Å². The van der Waals surface area contributed by atoms with Crippen LogP contribution in [0.25, 0.3) is 0 Å². The molecule has 0 aromatic heterocycles. The summed E-state index contributed by atoms with van der Waals surface area (Å²) >= 11 is 0. The van der Waals surface area contributed by atoms with Gasteiger partial charge in [-0.05, 0) is 100 Å². The molecule has 0 radical (unpaired) electrons. The van der Waals surface area contributed by atoms with E-state index in [-0.39, 0.29) is 42.0 Å².